The summed E-state index contributed by atoms with van der Waals surface area (Å²) in [4.78, 5) is -0.127. The molecule has 0 fully saturated rings. The molecule has 1 atom stereocenters. The molecule has 1 unspecified atom stereocenters. The number of benzene rings is 2. The highest BCUT2D eigenvalue weighted by molar-refractivity contribution is 9.09. The second-order valence-electron chi connectivity index (χ2n) is 4.19. The molecule has 0 bridgehead atoms. The molecule has 0 aliphatic rings. The van der Waals surface area contributed by atoms with E-state index in [-0.39, 0.29) is 10.6 Å². The average molecular weight is 344 g/mol. The Balaban J connectivity index is 2.20. The fourth-order valence-electron chi connectivity index (χ4n) is 1.87. The highest BCUT2D eigenvalue weighted by Gasteiger charge is 2.14. The van der Waals surface area contributed by atoms with E-state index < -0.39 is 0 Å². The van der Waals surface area contributed by atoms with Gasteiger partial charge in [0.1, 0.15) is 11.6 Å². The summed E-state index contributed by atoms with van der Waals surface area (Å²) in [6.45, 7) is 0. The number of halogens is 3. The van der Waals surface area contributed by atoms with E-state index in [0.29, 0.717) is 17.0 Å². The van der Waals surface area contributed by atoms with Gasteiger partial charge in [-0.2, -0.15) is 0 Å². The van der Waals surface area contributed by atoms with Crippen LogP contribution in [0.4, 0.5) is 4.39 Å². The molecule has 19 heavy (non-hydrogen) atoms. The first kappa shape index (κ1) is 14.4. The van der Waals surface area contributed by atoms with Crippen molar-refractivity contribution in [2.24, 2.45) is 0 Å². The summed E-state index contributed by atoms with van der Waals surface area (Å²) in [5.41, 5.74) is 1.64. The summed E-state index contributed by atoms with van der Waals surface area (Å²) in [5.74, 6) is 0.540. The fourth-order valence-corrected chi connectivity index (χ4v) is 2.78. The lowest BCUT2D eigenvalue weighted by Crippen LogP contribution is -1.99. The highest BCUT2D eigenvalue weighted by atomic mass is 79.9. The van der Waals surface area contributed by atoms with E-state index >= 15 is 0 Å². The summed E-state index contributed by atoms with van der Waals surface area (Å²) in [7, 11) is 1.63. The van der Waals surface area contributed by atoms with Gasteiger partial charge >= 0.3 is 0 Å². The second-order valence-corrected chi connectivity index (χ2v) is 5.73. The summed E-state index contributed by atoms with van der Waals surface area (Å²) in [6.07, 6.45) is 0.661. The maximum Gasteiger partial charge on any atom is 0.127 e. The van der Waals surface area contributed by atoms with Crippen LogP contribution < -0.4 is 4.74 Å². The molecule has 0 aliphatic heterocycles. The first-order valence-corrected chi connectivity index (χ1v) is 7.11. The van der Waals surface area contributed by atoms with Crippen molar-refractivity contribution in [3.05, 3.63) is 64.4 Å². The van der Waals surface area contributed by atoms with Crippen LogP contribution in [-0.2, 0) is 6.42 Å². The predicted octanol–water partition coefficient (Wildman–Crippen LogP) is 5.17. The molecule has 4 heteroatoms. The van der Waals surface area contributed by atoms with Crippen LogP contribution in [0.1, 0.15) is 16.0 Å². The molecule has 1 nitrogen and oxygen atoms in total. The molecule has 2 rings (SSSR count). The van der Waals surface area contributed by atoms with Crippen molar-refractivity contribution in [2.75, 3.05) is 7.11 Å². The molecular weight excluding hydrogens is 331 g/mol. The third-order valence-corrected chi connectivity index (χ3v) is 3.90. The lowest BCUT2D eigenvalue weighted by Gasteiger charge is -2.12. The topological polar surface area (TPSA) is 9.23 Å². The molecule has 0 aliphatic carbocycles. The van der Waals surface area contributed by atoms with Gasteiger partial charge in [-0.3, -0.25) is 0 Å². The van der Waals surface area contributed by atoms with Crippen LogP contribution in [0.2, 0.25) is 5.02 Å². The molecule has 0 spiro atoms. The van der Waals surface area contributed by atoms with Gasteiger partial charge in [-0.1, -0.05) is 39.7 Å². The number of hydrogen-bond acceptors (Lipinski definition) is 1. The Bertz CT molecular complexity index is 574. The van der Waals surface area contributed by atoms with Gasteiger partial charge in [0.05, 0.1) is 7.11 Å². The molecule has 0 amide bonds. The summed E-state index contributed by atoms with van der Waals surface area (Å²) >= 11 is 9.42. The third-order valence-electron chi connectivity index (χ3n) is 2.84. The van der Waals surface area contributed by atoms with Gasteiger partial charge in [-0.25, -0.2) is 4.39 Å². The molecule has 0 heterocycles. The quantitative estimate of drug-likeness (QED) is 0.696. The standard InChI is InChI=1S/C15H13BrClFO/c1-19-12-4-2-3-10(7-12)8-14(16)13-9-11(17)5-6-15(13)18/h2-7,9,14H,8H2,1H3. The monoisotopic (exact) mass is 342 g/mol. The minimum absolute atomic E-state index is 0.127. The predicted molar refractivity (Wildman–Crippen MR) is 79.8 cm³/mol. The Morgan fingerprint density at radius 2 is 2.05 bits per heavy atom. The molecule has 100 valence electrons. The fraction of sp³-hybridized carbons (Fsp3) is 0.200. The van der Waals surface area contributed by atoms with E-state index in [0.717, 1.165) is 11.3 Å². The molecule has 0 saturated carbocycles. The Kier molecular flexibility index (Phi) is 4.83. The second kappa shape index (κ2) is 6.40. The normalized spacial score (nSPS) is 12.2. The third kappa shape index (κ3) is 3.71. The minimum atomic E-state index is -0.255. The number of ether oxygens (including phenoxy) is 1. The summed E-state index contributed by atoms with van der Waals surface area (Å²) < 4.78 is 18.9. The van der Waals surface area contributed by atoms with Gasteiger partial charge in [0, 0.05) is 15.4 Å². The van der Waals surface area contributed by atoms with Crippen molar-refractivity contribution >= 4 is 27.5 Å². The molecule has 0 saturated heterocycles. The maximum atomic E-state index is 13.8. The molecule has 2 aromatic carbocycles. The van der Waals surface area contributed by atoms with Crippen LogP contribution >= 0.6 is 27.5 Å². The smallest absolute Gasteiger partial charge is 0.127 e. The number of methoxy groups -OCH3 is 1. The van der Waals surface area contributed by atoms with E-state index in [1.165, 1.54) is 6.07 Å². The van der Waals surface area contributed by atoms with E-state index in [2.05, 4.69) is 15.9 Å². The van der Waals surface area contributed by atoms with Crippen molar-refractivity contribution in [2.45, 2.75) is 11.2 Å². The van der Waals surface area contributed by atoms with Crippen LogP contribution in [0.25, 0.3) is 0 Å². The van der Waals surface area contributed by atoms with Crippen molar-refractivity contribution < 1.29 is 9.13 Å². The van der Waals surface area contributed by atoms with Crippen LogP contribution in [0.15, 0.2) is 42.5 Å². The zero-order chi connectivity index (χ0) is 13.8. The van der Waals surface area contributed by atoms with Crippen molar-refractivity contribution in [3.63, 3.8) is 0 Å². The Labute approximate surface area is 125 Å². The minimum Gasteiger partial charge on any atom is -0.497 e. The zero-order valence-electron chi connectivity index (χ0n) is 10.4. The van der Waals surface area contributed by atoms with Crippen molar-refractivity contribution in [1.29, 1.82) is 0 Å². The van der Waals surface area contributed by atoms with E-state index in [4.69, 9.17) is 16.3 Å². The van der Waals surface area contributed by atoms with Crippen LogP contribution in [-0.4, -0.2) is 7.11 Å². The Morgan fingerprint density at radius 3 is 2.79 bits per heavy atom. The van der Waals surface area contributed by atoms with Crippen LogP contribution in [0.5, 0.6) is 5.75 Å². The number of alkyl halides is 1. The summed E-state index contributed by atoms with van der Waals surface area (Å²) in [5, 5.41) is 0.534. The molecule has 2 aromatic rings. The van der Waals surface area contributed by atoms with Crippen LogP contribution in [0.3, 0.4) is 0 Å². The molecule has 0 aromatic heterocycles. The van der Waals surface area contributed by atoms with Gasteiger partial charge in [0.25, 0.3) is 0 Å². The SMILES string of the molecule is COc1cccc(CC(Br)c2cc(Cl)ccc2F)c1. The van der Waals surface area contributed by atoms with Crippen molar-refractivity contribution in [3.8, 4) is 5.75 Å². The summed E-state index contributed by atoms with van der Waals surface area (Å²) in [6, 6.07) is 12.3. The van der Waals surface area contributed by atoms with Gasteiger partial charge in [-0.05, 0) is 42.3 Å². The largest absolute Gasteiger partial charge is 0.497 e. The van der Waals surface area contributed by atoms with Gasteiger partial charge < -0.3 is 4.74 Å². The van der Waals surface area contributed by atoms with Crippen LogP contribution in [0, 0.1) is 5.82 Å². The molecule has 0 N–H and O–H groups in total. The Hall–Kier alpha value is -1.06. The number of rotatable bonds is 4. The van der Waals surface area contributed by atoms with Gasteiger partial charge in [0.2, 0.25) is 0 Å². The van der Waals surface area contributed by atoms with Gasteiger partial charge in [0.15, 0.2) is 0 Å². The van der Waals surface area contributed by atoms with Crippen molar-refractivity contribution in [1.82, 2.24) is 0 Å². The van der Waals surface area contributed by atoms with Gasteiger partial charge in [-0.15, -0.1) is 0 Å². The highest BCUT2D eigenvalue weighted by Crippen LogP contribution is 2.31. The van der Waals surface area contributed by atoms with E-state index in [9.17, 15) is 4.39 Å². The zero-order valence-corrected chi connectivity index (χ0v) is 12.7. The molecular formula is C15H13BrClFO. The average Bonchev–Trinajstić information content (AvgIpc) is 2.41. The van der Waals surface area contributed by atoms with E-state index in [1.54, 1.807) is 19.2 Å². The number of hydrogen-bond donors (Lipinski definition) is 0. The lowest BCUT2D eigenvalue weighted by molar-refractivity contribution is 0.414. The van der Waals surface area contributed by atoms with E-state index in [1.807, 2.05) is 24.3 Å². The lowest BCUT2D eigenvalue weighted by atomic mass is 10.0. The Morgan fingerprint density at radius 1 is 1.26 bits per heavy atom. The first-order chi connectivity index (χ1) is 9.10. The first-order valence-electron chi connectivity index (χ1n) is 5.82. The molecule has 0 radical (unpaired) electrons. The maximum absolute atomic E-state index is 13.8.